The van der Waals surface area contributed by atoms with Gasteiger partial charge in [-0.2, -0.15) is 4.98 Å². The minimum Gasteiger partial charge on any atom is -0.481 e. The van der Waals surface area contributed by atoms with Crippen LogP contribution in [0.3, 0.4) is 0 Å². The molecule has 6 rings (SSSR count). The smallest absolute Gasteiger partial charge is 0.307 e. The molecule has 2 aromatic heterocycles. The minimum absolute atomic E-state index is 0.242. The molecule has 1 aliphatic heterocycles. The van der Waals surface area contributed by atoms with Crippen LogP contribution < -0.4 is 5.32 Å². The van der Waals surface area contributed by atoms with Gasteiger partial charge >= 0.3 is 5.97 Å². The summed E-state index contributed by atoms with van der Waals surface area (Å²) in [4.78, 5) is 22.8. The zero-order valence-electron chi connectivity index (χ0n) is 19.8. The van der Waals surface area contributed by atoms with Crippen molar-refractivity contribution in [1.29, 1.82) is 0 Å². The predicted octanol–water partition coefficient (Wildman–Crippen LogP) is 5.45. The van der Waals surface area contributed by atoms with Crippen molar-refractivity contribution in [2.75, 3.05) is 18.9 Å². The van der Waals surface area contributed by atoms with Crippen LogP contribution >= 0.6 is 11.6 Å². The first-order valence-electron chi connectivity index (χ1n) is 12.0. The van der Waals surface area contributed by atoms with Gasteiger partial charge in [0.1, 0.15) is 10.8 Å². The summed E-state index contributed by atoms with van der Waals surface area (Å²) in [5, 5.41) is 13.5. The molecule has 7 nitrogen and oxygen atoms in total. The van der Waals surface area contributed by atoms with Crippen LogP contribution in [0, 0.1) is 5.82 Å². The first-order valence-corrected chi connectivity index (χ1v) is 12.4. The molecule has 0 bridgehead atoms. The molecule has 36 heavy (non-hydrogen) atoms. The third-order valence-corrected chi connectivity index (χ3v) is 7.25. The number of likely N-dealkylation sites (N-methyl/N-ethyl adjacent to an activating group) is 1. The third kappa shape index (κ3) is 4.31. The zero-order chi connectivity index (χ0) is 25.0. The fraction of sp³-hybridized carbons (Fsp3) is 0.296. The van der Waals surface area contributed by atoms with E-state index in [1.54, 1.807) is 16.8 Å². The highest BCUT2D eigenvalue weighted by Gasteiger charge is 2.29. The van der Waals surface area contributed by atoms with Crippen LogP contribution in [0.5, 0.6) is 0 Å². The number of fused-ring (bicyclic) bond motifs is 2. The normalized spacial score (nSPS) is 15.8. The van der Waals surface area contributed by atoms with Crippen molar-refractivity contribution in [3.8, 4) is 5.82 Å². The van der Waals surface area contributed by atoms with Crippen molar-refractivity contribution < 1.29 is 14.3 Å². The quantitative estimate of drug-likeness (QED) is 0.362. The first kappa shape index (κ1) is 22.9. The molecule has 2 N–H and O–H groups in total. The Hall–Kier alpha value is -3.49. The average Bonchev–Trinajstić information content (AvgIpc) is 3.63. The number of halogens is 2. The Kier molecular flexibility index (Phi) is 5.65. The van der Waals surface area contributed by atoms with E-state index in [9.17, 15) is 14.3 Å². The molecule has 1 fully saturated rings. The molecule has 184 valence electrons. The van der Waals surface area contributed by atoms with Crippen LogP contribution in [-0.4, -0.2) is 44.1 Å². The second kappa shape index (κ2) is 8.87. The molecule has 4 aromatic rings. The van der Waals surface area contributed by atoms with Gasteiger partial charge in [0.2, 0.25) is 5.95 Å². The van der Waals surface area contributed by atoms with Gasteiger partial charge < -0.3 is 15.3 Å². The number of aromatic nitrogens is 3. The summed E-state index contributed by atoms with van der Waals surface area (Å²) < 4.78 is 15.7. The molecule has 3 heterocycles. The summed E-state index contributed by atoms with van der Waals surface area (Å²) in [6.45, 7) is 1.98. The second-order valence-electron chi connectivity index (χ2n) is 9.71. The average molecular weight is 506 g/mol. The maximum absolute atomic E-state index is 14.0. The Bertz CT molecular complexity index is 1510. The fourth-order valence-corrected chi connectivity index (χ4v) is 5.35. The molecule has 0 saturated heterocycles. The number of benzene rings is 2. The lowest BCUT2D eigenvalue weighted by molar-refractivity contribution is -0.136. The standard InChI is InChI=1S/C27H25ClFN5O2/c1-33-7-6-20-16(13-33)8-19(11-21(20)15-2-3-15)31-27-30-12-23(28)26(32-27)34-14-17(9-25(35)36)22-10-18(29)4-5-24(22)34/h4-5,8,10-12,14-15H,2-3,6-7,9,13H2,1H3,(H,35,36)(H,30,31,32). The number of carboxylic acid groups (broad SMARTS) is 1. The second-order valence-corrected chi connectivity index (χ2v) is 10.1. The van der Waals surface area contributed by atoms with Gasteiger partial charge in [0.25, 0.3) is 0 Å². The highest BCUT2D eigenvalue weighted by Crippen LogP contribution is 2.44. The van der Waals surface area contributed by atoms with Gasteiger partial charge in [-0.1, -0.05) is 11.6 Å². The van der Waals surface area contributed by atoms with E-state index < -0.39 is 11.8 Å². The van der Waals surface area contributed by atoms with Crippen molar-refractivity contribution in [1.82, 2.24) is 19.4 Å². The summed E-state index contributed by atoms with van der Waals surface area (Å²) in [7, 11) is 2.14. The number of hydrogen-bond donors (Lipinski definition) is 2. The summed E-state index contributed by atoms with van der Waals surface area (Å²) in [5.74, 6) is -0.0389. The minimum atomic E-state index is -1.00. The van der Waals surface area contributed by atoms with E-state index in [1.807, 2.05) is 0 Å². The van der Waals surface area contributed by atoms with Crippen molar-refractivity contribution >= 4 is 40.1 Å². The lowest BCUT2D eigenvalue weighted by Gasteiger charge is -2.28. The van der Waals surface area contributed by atoms with Gasteiger partial charge in [0.05, 0.1) is 18.1 Å². The van der Waals surface area contributed by atoms with Crippen molar-refractivity contribution in [2.45, 2.75) is 38.1 Å². The number of rotatable bonds is 6. The van der Waals surface area contributed by atoms with Crippen LogP contribution in [0.2, 0.25) is 5.02 Å². The van der Waals surface area contributed by atoms with Crippen molar-refractivity contribution in [3.63, 3.8) is 0 Å². The van der Waals surface area contributed by atoms with Crippen LogP contribution in [0.4, 0.5) is 16.0 Å². The molecule has 9 heteroatoms. The highest BCUT2D eigenvalue weighted by atomic mass is 35.5. The van der Waals surface area contributed by atoms with E-state index in [1.165, 1.54) is 47.9 Å². The first-order chi connectivity index (χ1) is 17.4. The number of carbonyl (C=O) groups is 1. The van der Waals surface area contributed by atoms with E-state index in [4.69, 9.17) is 11.6 Å². The Morgan fingerprint density at radius 2 is 2.11 bits per heavy atom. The third-order valence-electron chi connectivity index (χ3n) is 6.98. The van der Waals surface area contributed by atoms with Crippen molar-refractivity contribution in [3.05, 3.63) is 75.8 Å². The molecular formula is C27H25ClFN5O2. The molecule has 0 atom stereocenters. The van der Waals surface area contributed by atoms with Gasteiger partial charge in [-0.3, -0.25) is 9.36 Å². The van der Waals surface area contributed by atoms with Crippen LogP contribution in [0.25, 0.3) is 16.7 Å². The number of nitrogens with zero attached hydrogens (tertiary/aromatic N) is 4. The SMILES string of the molecule is CN1CCc2c(cc(Nc3ncc(Cl)c(-n4cc(CC(=O)O)c5cc(F)ccc54)n3)cc2C2CC2)C1. The zero-order valence-corrected chi connectivity index (χ0v) is 20.5. The van der Waals surface area contributed by atoms with E-state index in [0.717, 1.165) is 25.2 Å². The molecule has 0 unspecified atom stereocenters. The Balaban J connectivity index is 1.40. The predicted molar refractivity (Wildman–Crippen MR) is 137 cm³/mol. The van der Waals surface area contributed by atoms with Crippen LogP contribution in [0.15, 0.2) is 42.7 Å². The lowest BCUT2D eigenvalue weighted by Crippen LogP contribution is -2.27. The molecule has 2 aromatic carbocycles. The van der Waals surface area contributed by atoms with E-state index in [0.29, 0.717) is 39.2 Å². The van der Waals surface area contributed by atoms with Crippen LogP contribution in [0.1, 0.15) is 41.0 Å². The van der Waals surface area contributed by atoms with Crippen LogP contribution in [-0.2, 0) is 24.2 Å². The van der Waals surface area contributed by atoms with E-state index in [2.05, 4.69) is 39.4 Å². The highest BCUT2D eigenvalue weighted by molar-refractivity contribution is 6.32. The van der Waals surface area contributed by atoms with Gasteiger partial charge in [-0.15, -0.1) is 0 Å². The van der Waals surface area contributed by atoms with Gasteiger partial charge in [0.15, 0.2) is 5.82 Å². The number of aliphatic carboxylic acids is 1. The maximum Gasteiger partial charge on any atom is 0.307 e. The summed E-state index contributed by atoms with van der Waals surface area (Å²) >= 11 is 6.50. The fourth-order valence-electron chi connectivity index (χ4n) is 5.17. The number of hydrogen-bond acceptors (Lipinski definition) is 5. The molecule has 0 radical (unpaired) electrons. The summed E-state index contributed by atoms with van der Waals surface area (Å²) in [6, 6.07) is 8.66. The number of anilines is 2. The monoisotopic (exact) mass is 505 g/mol. The van der Waals surface area contributed by atoms with E-state index in [-0.39, 0.29) is 6.42 Å². The largest absolute Gasteiger partial charge is 0.481 e. The molecule has 0 spiro atoms. The topological polar surface area (TPSA) is 83.3 Å². The molecule has 1 aliphatic carbocycles. The molecule has 2 aliphatic rings. The van der Waals surface area contributed by atoms with Gasteiger partial charge in [-0.05, 0) is 84.8 Å². The Morgan fingerprint density at radius 1 is 1.28 bits per heavy atom. The van der Waals surface area contributed by atoms with Gasteiger partial charge in [0, 0.05) is 30.4 Å². The summed E-state index contributed by atoms with van der Waals surface area (Å²) in [5.41, 5.74) is 6.28. The molecule has 1 saturated carbocycles. The number of nitrogens with one attached hydrogen (secondary N) is 1. The van der Waals surface area contributed by atoms with Gasteiger partial charge in [-0.25, -0.2) is 9.37 Å². The lowest BCUT2D eigenvalue weighted by atomic mass is 9.91. The molecule has 0 amide bonds. The Labute approximate surface area is 212 Å². The Morgan fingerprint density at radius 3 is 2.89 bits per heavy atom. The summed E-state index contributed by atoms with van der Waals surface area (Å²) in [6.07, 6.45) is 6.46. The van der Waals surface area contributed by atoms with E-state index >= 15 is 0 Å². The van der Waals surface area contributed by atoms with Crippen molar-refractivity contribution in [2.24, 2.45) is 0 Å². The number of carboxylic acids is 1. The maximum atomic E-state index is 14.0. The molecular weight excluding hydrogens is 481 g/mol.